The monoisotopic (exact) mass is 422 g/mol. The highest BCUT2D eigenvalue weighted by molar-refractivity contribution is 5.87. The zero-order valence-corrected chi connectivity index (χ0v) is 17.9. The Hall–Kier alpha value is -3.35. The predicted octanol–water partition coefficient (Wildman–Crippen LogP) is 4.64. The molecule has 0 radical (unpaired) electrons. The smallest absolute Gasteiger partial charge is 0.321 e. The van der Waals surface area contributed by atoms with E-state index in [1.165, 1.54) is 16.8 Å². The SMILES string of the molecule is CCCCNC(=O)Nc1nc(CCCCCOc2ccc3ccccc3c2)cc(=O)[nH]1. The molecule has 7 heteroatoms. The summed E-state index contributed by atoms with van der Waals surface area (Å²) in [6.45, 7) is 3.29. The zero-order valence-electron chi connectivity index (χ0n) is 17.9. The average molecular weight is 423 g/mol. The fourth-order valence-electron chi connectivity index (χ4n) is 3.26. The molecule has 0 aliphatic heterocycles. The normalized spacial score (nSPS) is 10.7. The number of carbonyl (C=O) groups excluding carboxylic acids is 1. The van der Waals surface area contributed by atoms with E-state index in [-0.39, 0.29) is 17.5 Å². The molecule has 164 valence electrons. The van der Waals surface area contributed by atoms with Gasteiger partial charge in [-0.1, -0.05) is 43.7 Å². The number of ether oxygens (including phenoxy) is 1. The topological polar surface area (TPSA) is 96.1 Å². The van der Waals surface area contributed by atoms with Crippen LogP contribution < -0.4 is 20.9 Å². The van der Waals surface area contributed by atoms with E-state index in [9.17, 15) is 9.59 Å². The van der Waals surface area contributed by atoms with Gasteiger partial charge in [-0.3, -0.25) is 15.1 Å². The first-order chi connectivity index (χ1) is 15.1. The Morgan fingerprint density at radius 2 is 1.87 bits per heavy atom. The maximum absolute atomic E-state index is 11.9. The molecule has 1 aromatic heterocycles. The highest BCUT2D eigenvalue weighted by Gasteiger charge is 2.06. The predicted molar refractivity (Wildman–Crippen MR) is 124 cm³/mol. The molecule has 0 aliphatic rings. The molecule has 2 amide bonds. The minimum atomic E-state index is -0.361. The van der Waals surface area contributed by atoms with Crippen LogP contribution in [0.1, 0.15) is 44.7 Å². The second kappa shape index (κ2) is 11.7. The number of aryl methyl sites for hydroxylation is 1. The summed E-state index contributed by atoms with van der Waals surface area (Å²) in [7, 11) is 0. The number of carbonyl (C=O) groups is 1. The zero-order chi connectivity index (χ0) is 21.9. The molecule has 0 saturated heterocycles. The fraction of sp³-hybridized carbons (Fsp3) is 0.375. The molecule has 3 N–H and O–H groups in total. The Bertz CT molecular complexity index is 1050. The molecular weight excluding hydrogens is 392 g/mol. The highest BCUT2D eigenvalue weighted by Crippen LogP contribution is 2.20. The van der Waals surface area contributed by atoms with E-state index in [4.69, 9.17) is 4.74 Å². The number of amides is 2. The van der Waals surface area contributed by atoms with Gasteiger partial charge in [0, 0.05) is 18.3 Å². The number of aromatic nitrogens is 2. The third kappa shape index (κ3) is 7.44. The number of hydrogen-bond donors (Lipinski definition) is 3. The van der Waals surface area contributed by atoms with E-state index in [1.54, 1.807) is 0 Å². The van der Waals surface area contributed by atoms with Gasteiger partial charge < -0.3 is 10.1 Å². The largest absolute Gasteiger partial charge is 0.494 e. The summed E-state index contributed by atoms with van der Waals surface area (Å²) in [6, 6.07) is 15.5. The van der Waals surface area contributed by atoms with Crippen molar-refractivity contribution >= 4 is 22.8 Å². The molecule has 3 rings (SSSR count). The summed E-state index contributed by atoms with van der Waals surface area (Å²) in [6.07, 6.45) is 5.34. The Labute approximate surface area is 182 Å². The quantitative estimate of drug-likeness (QED) is 0.392. The van der Waals surface area contributed by atoms with Gasteiger partial charge in [0.05, 0.1) is 6.61 Å². The summed E-state index contributed by atoms with van der Waals surface area (Å²) in [5.74, 6) is 1.05. The van der Waals surface area contributed by atoms with Crippen molar-refractivity contribution in [3.63, 3.8) is 0 Å². The van der Waals surface area contributed by atoms with Crippen LogP contribution in [0.3, 0.4) is 0 Å². The molecule has 7 nitrogen and oxygen atoms in total. The Balaban J connectivity index is 1.39. The van der Waals surface area contributed by atoms with Crippen molar-refractivity contribution in [1.82, 2.24) is 15.3 Å². The van der Waals surface area contributed by atoms with Gasteiger partial charge in [-0.25, -0.2) is 9.78 Å². The number of fused-ring (bicyclic) bond motifs is 1. The van der Waals surface area contributed by atoms with Crippen molar-refractivity contribution in [3.8, 4) is 5.75 Å². The molecule has 0 atom stereocenters. The average Bonchev–Trinajstić information content (AvgIpc) is 2.76. The highest BCUT2D eigenvalue weighted by atomic mass is 16.5. The van der Waals surface area contributed by atoms with Crippen LogP contribution in [0.15, 0.2) is 53.3 Å². The first-order valence-corrected chi connectivity index (χ1v) is 10.9. The fourth-order valence-corrected chi connectivity index (χ4v) is 3.26. The van der Waals surface area contributed by atoms with E-state index in [0.29, 0.717) is 25.3 Å². The summed E-state index contributed by atoms with van der Waals surface area (Å²) < 4.78 is 5.86. The van der Waals surface area contributed by atoms with Gasteiger partial charge in [0.15, 0.2) is 0 Å². The maximum atomic E-state index is 11.9. The minimum absolute atomic E-state index is 0.177. The van der Waals surface area contributed by atoms with Crippen molar-refractivity contribution in [1.29, 1.82) is 0 Å². The molecule has 1 heterocycles. The minimum Gasteiger partial charge on any atom is -0.494 e. The van der Waals surface area contributed by atoms with E-state index < -0.39 is 0 Å². The number of hydrogen-bond acceptors (Lipinski definition) is 4. The lowest BCUT2D eigenvalue weighted by Crippen LogP contribution is -2.31. The Kier molecular flexibility index (Phi) is 8.46. The number of urea groups is 1. The van der Waals surface area contributed by atoms with Crippen molar-refractivity contribution in [2.75, 3.05) is 18.5 Å². The number of nitrogens with zero attached hydrogens (tertiary/aromatic N) is 1. The molecule has 0 bridgehead atoms. The van der Waals surface area contributed by atoms with Crippen molar-refractivity contribution in [3.05, 3.63) is 64.6 Å². The molecule has 2 aromatic carbocycles. The standard InChI is InChI=1S/C24H30N4O3/c1-2-3-14-25-24(30)28-23-26-20(17-22(29)27-23)11-5-4-8-15-31-21-13-12-18-9-6-7-10-19(18)16-21/h6-7,9-10,12-13,16-17H,2-5,8,11,14-15H2,1H3,(H3,25,26,27,28,29,30). The van der Waals surface area contributed by atoms with Gasteiger partial charge >= 0.3 is 6.03 Å². The molecular formula is C24H30N4O3. The second-order valence-electron chi connectivity index (χ2n) is 7.49. The molecule has 0 aliphatic carbocycles. The summed E-state index contributed by atoms with van der Waals surface area (Å²) in [5, 5.41) is 7.69. The summed E-state index contributed by atoms with van der Waals surface area (Å²) >= 11 is 0. The lowest BCUT2D eigenvalue weighted by Gasteiger charge is -2.08. The number of anilines is 1. The van der Waals surface area contributed by atoms with E-state index in [2.05, 4.69) is 51.8 Å². The first-order valence-electron chi connectivity index (χ1n) is 10.9. The van der Waals surface area contributed by atoms with Crippen LogP contribution in [-0.2, 0) is 6.42 Å². The van der Waals surface area contributed by atoms with E-state index in [1.807, 2.05) is 18.2 Å². The van der Waals surface area contributed by atoms with Crippen LogP contribution in [0, 0.1) is 0 Å². The Morgan fingerprint density at radius 1 is 1.03 bits per heavy atom. The van der Waals surface area contributed by atoms with Crippen molar-refractivity contribution in [2.24, 2.45) is 0 Å². The van der Waals surface area contributed by atoms with E-state index >= 15 is 0 Å². The van der Waals surface area contributed by atoms with Crippen LogP contribution in [0.2, 0.25) is 0 Å². The number of unbranched alkanes of at least 4 members (excludes halogenated alkanes) is 3. The number of rotatable bonds is 11. The van der Waals surface area contributed by atoms with E-state index in [0.717, 1.165) is 37.9 Å². The van der Waals surface area contributed by atoms with Gasteiger partial charge in [-0.15, -0.1) is 0 Å². The van der Waals surface area contributed by atoms with Gasteiger partial charge in [0.2, 0.25) is 5.95 Å². The van der Waals surface area contributed by atoms with Gasteiger partial charge in [-0.2, -0.15) is 0 Å². The number of nitrogens with one attached hydrogen (secondary N) is 3. The van der Waals surface area contributed by atoms with Gasteiger partial charge in [0.25, 0.3) is 5.56 Å². The third-order valence-corrected chi connectivity index (χ3v) is 4.91. The van der Waals surface area contributed by atoms with Crippen LogP contribution in [0.25, 0.3) is 10.8 Å². The van der Waals surface area contributed by atoms with Crippen molar-refractivity contribution in [2.45, 2.75) is 45.4 Å². The number of benzene rings is 2. The summed E-state index contributed by atoms with van der Waals surface area (Å²) in [5.41, 5.74) is 0.400. The molecule has 3 aromatic rings. The molecule has 0 fully saturated rings. The van der Waals surface area contributed by atoms with Gasteiger partial charge in [0.1, 0.15) is 5.75 Å². The van der Waals surface area contributed by atoms with Crippen LogP contribution in [-0.4, -0.2) is 29.2 Å². The van der Waals surface area contributed by atoms with Crippen LogP contribution in [0.4, 0.5) is 10.7 Å². The lowest BCUT2D eigenvalue weighted by molar-refractivity contribution is 0.252. The molecule has 0 unspecified atom stereocenters. The third-order valence-electron chi connectivity index (χ3n) is 4.91. The first kappa shape index (κ1) is 22.3. The lowest BCUT2D eigenvalue weighted by atomic mass is 10.1. The van der Waals surface area contributed by atoms with Crippen LogP contribution in [0.5, 0.6) is 5.75 Å². The number of H-pyrrole nitrogens is 1. The van der Waals surface area contributed by atoms with Gasteiger partial charge in [-0.05, 0) is 55.0 Å². The van der Waals surface area contributed by atoms with Crippen LogP contribution >= 0.6 is 0 Å². The Morgan fingerprint density at radius 3 is 2.71 bits per heavy atom. The molecule has 0 spiro atoms. The summed E-state index contributed by atoms with van der Waals surface area (Å²) in [4.78, 5) is 30.6. The molecule has 31 heavy (non-hydrogen) atoms. The second-order valence-corrected chi connectivity index (χ2v) is 7.49. The maximum Gasteiger partial charge on any atom is 0.321 e. The number of aromatic amines is 1. The van der Waals surface area contributed by atoms with Crippen molar-refractivity contribution < 1.29 is 9.53 Å². The molecule has 0 saturated carbocycles.